The first-order valence-electron chi connectivity index (χ1n) is 12.3. The Balaban J connectivity index is 1.39. The first kappa shape index (κ1) is 24.5. The fourth-order valence-electron chi connectivity index (χ4n) is 6.31. The molecule has 8 heteroatoms. The zero-order valence-corrected chi connectivity index (χ0v) is 20.6. The van der Waals surface area contributed by atoms with Crippen LogP contribution in [0.25, 0.3) is 0 Å². The van der Waals surface area contributed by atoms with E-state index in [9.17, 15) is 14.4 Å². The Labute approximate surface area is 201 Å². The summed E-state index contributed by atoms with van der Waals surface area (Å²) >= 11 is 0. The normalized spacial score (nSPS) is 26.6. The van der Waals surface area contributed by atoms with Gasteiger partial charge in [0.05, 0.1) is 0 Å². The third kappa shape index (κ3) is 4.78. The fourth-order valence-corrected chi connectivity index (χ4v) is 6.31. The Morgan fingerprint density at radius 2 is 1.97 bits per heavy atom. The van der Waals surface area contributed by atoms with E-state index in [-0.39, 0.29) is 17.2 Å². The molecule has 186 valence electrons. The van der Waals surface area contributed by atoms with Gasteiger partial charge in [-0.2, -0.15) is 0 Å². The van der Waals surface area contributed by atoms with Gasteiger partial charge >= 0.3 is 12.1 Å². The van der Waals surface area contributed by atoms with Gasteiger partial charge in [0.25, 0.3) is 0 Å². The van der Waals surface area contributed by atoms with Gasteiger partial charge in [-0.1, -0.05) is 32.8 Å². The van der Waals surface area contributed by atoms with Crippen LogP contribution in [0.3, 0.4) is 0 Å². The van der Waals surface area contributed by atoms with Crippen LogP contribution in [0.4, 0.5) is 4.79 Å². The molecule has 1 aliphatic heterocycles. The molecule has 0 aromatic heterocycles. The molecule has 2 unspecified atom stereocenters. The zero-order valence-electron chi connectivity index (χ0n) is 20.6. The van der Waals surface area contributed by atoms with Gasteiger partial charge in [0.15, 0.2) is 0 Å². The molecule has 4 rings (SSSR count). The molecule has 1 aromatic carbocycles. The van der Waals surface area contributed by atoms with E-state index in [1.165, 1.54) is 43.7 Å². The highest BCUT2D eigenvalue weighted by Gasteiger charge is 2.53. The Morgan fingerprint density at radius 3 is 2.71 bits per heavy atom. The smallest absolute Gasteiger partial charge is 0.426 e. The summed E-state index contributed by atoms with van der Waals surface area (Å²) in [5.74, 6) is -0.0675. The number of carbonyl (C=O) groups excluding carboxylic acids is 3. The van der Waals surface area contributed by atoms with Crippen LogP contribution in [0, 0.1) is 11.8 Å². The lowest BCUT2D eigenvalue weighted by atomic mass is 9.52. The average molecular weight is 473 g/mol. The number of ether oxygens (including phenoxy) is 3. The van der Waals surface area contributed by atoms with E-state index in [2.05, 4.69) is 23.3 Å². The van der Waals surface area contributed by atoms with E-state index in [1.807, 2.05) is 12.1 Å². The van der Waals surface area contributed by atoms with Crippen LogP contribution < -0.4 is 10.1 Å². The summed E-state index contributed by atoms with van der Waals surface area (Å²) in [6, 6.07) is 5.69. The minimum Gasteiger partial charge on any atom is -0.426 e. The number of nitrogens with one attached hydrogen (secondary N) is 1. The lowest BCUT2D eigenvalue weighted by molar-refractivity contribution is -0.157. The minimum atomic E-state index is -0.928. The van der Waals surface area contributed by atoms with Crippen molar-refractivity contribution in [2.24, 2.45) is 11.8 Å². The van der Waals surface area contributed by atoms with Crippen molar-refractivity contribution in [1.29, 1.82) is 0 Å². The number of nitrogens with zero attached hydrogens (tertiary/aromatic N) is 1. The van der Waals surface area contributed by atoms with E-state index < -0.39 is 25.0 Å². The number of likely N-dealkylation sites (tertiary alicyclic amines) is 1. The predicted octanol–water partition coefficient (Wildman–Crippen LogP) is 3.55. The van der Waals surface area contributed by atoms with Crippen molar-refractivity contribution in [3.8, 4) is 5.75 Å². The van der Waals surface area contributed by atoms with Crippen LogP contribution >= 0.6 is 0 Å². The van der Waals surface area contributed by atoms with E-state index in [1.54, 1.807) is 13.8 Å². The summed E-state index contributed by atoms with van der Waals surface area (Å²) in [5.41, 5.74) is 2.84. The second-order valence-corrected chi connectivity index (χ2v) is 10.3. The summed E-state index contributed by atoms with van der Waals surface area (Å²) in [7, 11) is 2.24. The van der Waals surface area contributed by atoms with Crippen molar-refractivity contribution in [1.82, 2.24) is 10.2 Å². The standard InChI is InChI=1S/C26H36N2O6/c1-16(2)23(27-17(3)29)24(30)32-15-33-25(31)34-19-9-8-18-13-22-20-7-5-6-10-26(20,21(18)14-19)11-12-28(22)4/h8-9,14,16,20,22-23H,5-7,10-13,15H2,1-4H3,(H,27,29)/t20-,22?,23?,26+/m1/s1. The van der Waals surface area contributed by atoms with Crippen LogP contribution in [0.2, 0.25) is 0 Å². The molecule has 1 saturated carbocycles. The number of amides is 1. The highest BCUT2D eigenvalue weighted by molar-refractivity contribution is 5.83. The highest BCUT2D eigenvalue weighted by Crippen LogP contribution is 2.55. The van der Waals surface area contributed by atoms with Gasteiger partial charge in [-0.3, -0.25) is 4.79 Å². The Kier molecular flexibility index (Phi) is 7.17. The molecule has 34 heavy (non-hydrogen) atoms. The second-order valence-electron chi connectivity index (χ2n) is 10.3. The molecular weight excluding hydrogens is 436 g/mol. The Morgan fingerprint density at radius 1 is 1.18 bits per heavy atom. The van der Waals surface area contributed by atoms with Crippen LogP contribution in [-0.4, -0.2) is 55.4 Å². The quantitative estimate of drug-likeness (QED) is 0.384. The van der Waals surface area contributed by atoms with E-state index in [0.29, 0.717) is 17.7 Å². The van der Waals surface area contributed by atoms with E-state index in [4.69, 9.17) is 14.2 Å². The lowest BCUT2D eigenvalue weighted by Crippen LogP contribution is -2.59. The maximum Gasteiger partial charge on any atom is 0.516 e. The van der Waals surface area contributed by atoms with Gasteiger partial charge in [0.1, 0.15) is 11.8 Å². The van der Waals surface area contributed by atoms with Gasteiger partial charge in [-0.05, 0) is 74.4 Å². The van der Waals surface area contributed by atoms with Gasteiger partial charge in [-0.15, -0.1) is 0 Å². The van der Waals surface area contributed by atoms with Crippen molar-refractivity contribution < 1.29 is 28.6 Å². The molecule has 0 radical (unpaired) electrons. The third-order valence-corrected chi connectivity index (χ3v) is 7.94. The first-order valence-corrected chi connectivity index (χ1v) is 12.3. The number of piperidine rings is 1. The molecule has 2 bridgehead atoms. The molecule has 8 nitrogen and oxygen atoms in total. The Hall–Kier alpha value is -2.61. The summed E-state index contributed by atoms with van der Waals surface area (Å²) < 4.78 is 15.4. The molecule has 1 heterocycles. The molecule has 2 aliphatic carbocycles. The van der Waals surface area contributed by atoms with Crippen LogP contribution in [0.5, 0.6) is 5.75 Å². The largest absolute Gasteiger partial charge is 0.516 e. The number of benzene rings is 1. The molecule has 0 spiro atoms. The van der Waals surface area contributed by atoms with Crippen molar-refractivity contribution in [3.63, 3.8) is 0 Å². The summed E-state index contributed by atoms with van der Waals surface area (Å²) in [5, 5.41) is 2.54. The first-order chi connectivity index (χ1) is 16.2. The number of rotatable bonds is 6. The maximum absolute atomic E-state index is 12.3. The maximum atomic E-state index is 12.3. The summed E-state index contributed by atoms with van der Waals surface area (Å²) in [6.45, 7) is 5.42. The van der Waals surface area contributed by atoms with Crippen LogP contribution in [0.15, 0.2) is 18.2 Å². The fraction of sp³-hybridized carbons (Fsp3) is 0.654. The van der Waals surface area contributed by atoms with Crippen molar-refractivity contribution in [2.75, 3.05) is 20.4 Å². The minimum absolute atomic E-state index is 0.164. The number of fused-ring (bicyclic) bond motifs is 1. The SMILES string of the molecule is CC(=O)NC(C(=O)OCOC(=O)Oc1ccc2c(c1)[C@]13CCCC[C@@H]1C(C2)N(C)CC3)C(C)C. The van der Waals surface area contributed by atoms with Crippen molar-refractivity contribution >= 4 is 18.0 Å². The van der Waals surface area contributed by atoms with Crippen molar-refractivity contribution in [2.45, 2.75) is 76.8 Å². The molecule has 2 fully saturated rings. The topological polar surface area (TPSA) is 94.2 Å². The summed E-state index contributed by atoms with van der Waals surface area (Å²) in [6.07, 6.45) is 6.20. The van der Waals surface area contributed by atoms with Gasteiger partial charge in [-0.25, -0.2) is 9.59 Å². The average Bonchev–Trinajstić information content (AvgIpc) is 2.79. The number of hydrogen-bond acceptors (Lipinski definition) is 7. The van der Waals surface area contributed by atoms with Gasteiger partial charge in [0.2, 0.25) is 12.7 Å². The second kappa shape index (κ2) is 9.94. The number of esters is 1. The molecule has 1 N–H and O–H groups in total. The Bertz CT molecular complexity index is 947. The summed E-state index contributed by atoms with van der Waals surface area (Å²) in [4.78, 5) is 38.3. The van der Waals surface area contributed by atoms with Crippen LogP contribution in [0.1, 0.15) is 64.0 Å². The van der Waals surface area contributed by atoms with Gasteiger partial charge < -0.3 is 24.4 Å². The number of hydrogen-bond donors (Lipinski definition) is 1. The predicted molar refractivity (Wildman–Crippen MR) is 125 cm³/mol. The van der Waals surface area contributed by atoms with Crippen molar-refractivity contribution in [3.05, 3.63) is 29.3 Å². The molecule has 4 atom stereocenters. The van der Waals surface area contributed by atoms with Gasteiger partial charge in [0, 0.05) is 18.4 Å². The molecule has 1 aromatic rings. The third-order valence-electron chi connectivity index (χ3n) is 7.94. The van der Waals surface area contributed by atoms with Crippen LogP contribution in [-0.2, 0) is 30.9 Å². The zero-order chi connectivity index (χ0) is 24.5. The molecule has 1 saturated heterocycles. The highest BCUT2D eigenvalue weighted by atomic mass is 16.8. The molecular formula is C26H36N2O6. The molecule has 3 aliphatic rings. The lowest BCUT2D eigenvalue weighted by Gasteiger charge is -2.58. The molecule has 1 amide bonds. The monoisotopic (exact) mass is 472 g/mol. The number of likely N-dealkylation sites (N-methyl/N-ethyl adjacent to an activating group) is 1. The van der Waals surface area contributed by atoms with E-state index >= 15 is 0 Å². The number of carbonyl (C=O) groups is 3. The van der Waals surface area contributed by atoms with E-state index in [0.717, 1.165) is 19.4 Å².